The van der Waals surface area contributed by atoms with Crippen LogP contribution >= 0.6 is 11.3 Å². The van der Waals surface area contributed by atoms with Crippen molar-refractivity contribution >= 4 is 29.2 Å². The van der Waals surface area contributed by atoms with Crippen LogP contribution in [0.15, 0.2) is 18.2 Å². The quantitative estimate of drug-likeness (QED) is 0.383. The minimum absolute atomic E-state index is 0.215. The monoisotopic (exact) mass is 336 g/mol. The fraction of sp³-hybridized carbons (Fsp3) is 0.579. The van der Waals surface area contributed by atoms with E-state index >= 15 is 0 Å². The lowest BCUT2D eigenvalue weighted by Crippen LogP contribution is -1.93. The van der Waals surface area contributed by atoms with Gasteiger partial charge in [-0.05, 0) is 50.0 Å². The highest BCUT2D eigenvalue weighted by atomic mass is 32.1. The fourth-order valence-electron chi connectivity index (χ4n) is 2.36. The van der Waals surface area contributed by atoms with Gasteiger partial charge in [0, 0.05) is 22.6 Å². The molecule has 0 saturated carbocycles. The number of hydrogen-bond acceptors (Lipinski definition) is 3. The van der Waals surface area contributed by atoms with Crippen LogP contribution in [0.2, 0.25) is 0 Å². The van der Waals surface area contributed by atoms with E-state index in [0.717, 1.165) is 56.2 Å². The Kier molecular flexibility index (Phi) is 10.3. The second-order valence-electron chi connectivity index (χ2n) is 5.87. The number of carbonyl (C=O) groups excluding carboxylic acids is 1. The Bertz CT molecular complexity index is 502. The lowest BCUT2D eigenvalue weighted by atomic mass is 10.1. The molecule has 0 aliphatic heterocycles. The van der Waals surface area contributed by atoms with Crippen molar-refractivity contribution in [1.82, 2.24) is 0 Å². The second-order valence-corrected chi connectivity index (χ2v) is 7.07. The highest BCUT2D eigenvalue weighted by Gasteiger charge is 2.01. The number of carboxylic acids is 1. The smallest absolute Gasteiger partial charge is 0.303 e. The van der Waals surface area contributed by atoms with Crippen LogP contribution in [0.5, 0.6) is 0 Å². The van der Waals surface area contributed by atoms with Crippen LogP contribution in [0.1, 0.15) is 74.5 Å². The highest BCUT2D eigenvalue weighted by Crippen LogP contribution is 2.20. The molecule has 1 rings (SSSR count). The Morgan fingerprint density at radius 3 is 2.52 bits per heavy atom. The lowest BCUT2D eigenvalue weighted by Gasteiger charge is -1.98. The largest absolute Gasteiger partial charge is 0.481 e. The number of aryl methyl sites for hydroxylation is 1. The summed E-state index contributed by atoms with van der Waals surface area (Å²) in [5.41, 5.74) is 0. The van der Waals surface area contributed by atoms with Crippen LogP contribution in [0.4, 0.5) is 0 Å². The summed E-state index contributed by atoms with van der Waals surface area (Å²) in [6.07, 6.45) is 12.8. The van der Waals surface area contributed by atoms with Crippen LogP contribution in [0.25, 0.3) is 6.08 Å². The topological polar surface area (TPSA) is 54.4 Å². The number of allylic oxidation sites excluding steroid dienone is 1. The van der Waals surface area contributed by atoms with Crippen molar-refractivity contribution in [2.24, 2.45) is 0 Å². The van der Waals surface area contributed by atoms with Gasteiger partial charge in [0.15, 0.2) is 5.78 Å². The third kappa shape index (κ3) is 10.1. The van der Waals surface area contributed by atoms with Crippen molar-refractivity contribution in [2.45, 2.75) is 71.1 Å². The Morgan fingerprint density at radius 2 is 1.78 bits per heavy atom. The number of rotatable bonds is 13. The van der Waals surface area contributed by atoms with E-state index < -0.39 is 5.97 Å². The van der Waals surface area contributed by atoms with Crippen LogP contribution in [0.3, 0.4) is 0 Å². The molecule has 0 aromatic carbocycles. The molecule has 1 N–H and O–H groups in total. The van der Waals surface area contributed by atoms with Gasteiger partial charge in [-0.2, -0.15) is 0 Å². The molecule has 0 saturated heterocycles. The normalized spacial score (nSPS) is 11.2. The molecule has 1 aromatic rings. The van der Waals surface area contributed by atoms with Gasteiger partial charge in [0.05, 0.1) is 0 Å². The fourth-order valence-corrected chi connectivity index (χ4v) is 3.31. The summed E-state index contributed by atoms with van der Waals surface area (Å²) < 4.78 is 0. The number of carboxylic acid groups (broad SMARTS) is 1. The molecule has 0 aliphatic rings. The Balaban J connectivity index is 2.21. The number of carbonyl (C=O) groups is 2. The average molecular weight is 336 g/mol. The average Bonchev–Trinajstić information content (AvgIpc) is 2.96. The first-order valence-corrected chi connectivity index (χ1v) is 9.45. The predicted molar refractivity (Wildman–Crippen MR) is 96.9 cm³/mol. The van der Waals surface area contributed by atoms with Crippen molar-refractivity contribution in [3.63, 3.8) is 0 Å². The zero-order valence-electron chi connectivity index (χ0n) is 14.1. The number of hydrogen-bond donors (Lipinski definition) is 1. The molecule has 0 fully saturated rings. The van der Waals surface area contributed by atoms with Crippen molar-refractivity contribution in [3.8, 4) is 0 Å². The first-order chi connectivity index (χ1) is 11.1. The maximum absolute atomic E-state index is 11.7. The summed E-state index contributed by atoms with van der Waals surface area (Å²) in [4.78, 5) is 24.6. The van der Waals surface area contributed by atoms with Gasteiger partial charge in [-0.15, -0.1) is 11.3 Å². The van der Waals surface area contributed by atoms with Crippen LogP contribution in [-0.2, 0) is 16.0 Å². The van der Waals surface area contributed by atoms with E-state index in [1.165, 1.54) is 4.88 Å². The van der Waals surface area contributed by atoms with Crippen LogP contribution in [0, 0.1) is 0 Å². The molecule has 0 spiro atoms. The number of thiophene rings is 1. The molecule has 1 aromatic heterocycles. The predicted octanol–water partition coefficient (Wildman–Crippen LogP) is 5.49. The summed E-state index contributed by atoms with van der Waals surface area (Å²) in [6.45, 7) is 2.14. The summed E-state index contributed by atoms with van der Waals surface area (Å²) >= 11 is 1.74. The Hall–Kier alpha value is -1.42. The maximum Gasteiger partial charge on any atom is 0.303 e. The molecule has 3 nitrogen and oxygen atoms in total. The Morgan fingerprint density at radius 1 is 1.04 bits per heavy atom. The molecular weight excluding hydrogens is 308 g/mol. The molecule has 23 heavy (non-hydrogen) atoms. The van der Waals surface area contributed by atoms with E-state index in [1.54, 1.807) is 17.4 Å². The van der Waals surface area contributed by atoms with E-state index in [4.69, 9.17) is 5.11 Å². The summed E-state index contributed by atoms with van der Waals surface area (Å²) in [5.74, 6) is -0.490. The van der Waals surface area contributed by atoms with E-state index in [9.17, 15) is 9.59 Å². The van der Waals surface area contributed by atoms with Crippen LogP contribution in [-0.4, -0.2) is 16.9 Å². The van der Waals surface area contributed by atoms with E-state index in [0.29, 0.717) is 6.42 Å². The standard InChI is InChI=1S/C19H28O3S/c1-2-3-6-9-16(20)12-13-18-15-14-17(23-18)10-7-4-5-8-11-19(21)22/h12-15H,2-11H2,1H3,(H,21,22). The number of unbranched alkanes of at least 4 members (excludes halogenated alkanes) is 5. The Labute approximate surface area is 143 Å². The van der Waals surface area contributed by atoms with Crippen LogP contribution < -0.4 is 0 Å². The molecule has 0 aliphatic carbocycles. The molecule has 0 atom stereocenters. The van der Waals surface area contributed by atoms with E-state index in [2.05, 4.69) is 19.1 Å². The zero-order valence-corrected chi connectivity index (χ0v) is 14.9. The highest BCUT2D eigenvalue weighted by molar-refractivity contribution is 7.12. The minimum atomic E-state index is -0.705. The van der Waals surface area contributed by atoms with Gasteiger partial charge in [-0.1, -0.05) is 32.6 Å². The van der Waals surface area contributed by atoms with E-state index in [-0.39, 0.29) is 12.2 Å². The molecule has 4 heteroatoms. The first kappa shape index (κ1) is 19.6. The van der Waals surface area contributed by atoms with Crippen molar-refractivity contribution in [2.75, 3.05) is 0 Å². The lowest BCUT2D eigenvalue weighted by molar-refractivity contribution is -0.137. The van der Waals surface area contributed by atoms with Gasteiger partial charge in [0.25, 0.3) is 0 Å². The summed E-state index contributed by atoms with van der Waals surface area (Å²) in [5, 5.41) is 8.57. The van der Waals surface area contributed by atoms with Gasteiger partial charge in [-0.3, -0.25) is 9.59 Å². The third-order valence-electron chi connectivity index (χ3n) is 3.71. The van der Waals surface area contributed by atoms with E-state index in [1.807, 2.05) is 6.08 Å². The van der Waals surface area contributed by atoms with Gasteiger partial charge < -0.3 is 5.11 Å². The second kappa shape index (κ2) is 12.1. The van der Waals surface area contributed by atoms with Crippen molar-refractivity contribution in [3.05, 3.63) is 28.0 Å². The minimum Gasteiger partial charge on any atom is -0.481 e. The number of ketones is 1. The third-order valence-corrected chi connectivity index (χ3v) is 4.82. The first-order valence-electron chi connectivity index (χ1n) is 8.63. The maximum atomic E-state index is 11.7. The molecule has 0 amide bonds. The zero-order chi connectivity index (χ0) is 16.9. The molecular formula is C19H28O3S. The molecule has 128 valence electrons. The van der Waals surface area contributed by atoms with Crippen molar-refractivity contribution in [1.29, 1.82) is 0 Å². The van der Waals surface area contributed by atoms with Crippen molar-refractivity contribution < 1.29 is 14.7 Å². The molecule has 0 radical (unpaired) electrons. The van der Waals surface area contributed by atoms with Gasteiger partial charge >= 0.3 is 5.97 Å². The molecule has 0 bridgehead atoms. The van der Waals surface area contributed by atoms with Gasteiger partial charge in [0.2, 0.25) is 0 Å². The number of aliphatic carboxylic acids is 1. The SMILES string of the molecule is CCCCCC(=O)C=Cc1ccc(CCCCCCC(=O)O)s1. The summed E-state index contributed by atoms with van der Waals surface area (Å²) in [7, 11) is 0. The molecule has 0 unspecified atom stereocenters. The van der Waals surface area contributed by atoms with Gasteiger partial charge in [-0.25, -0.2) is 0 Å². The van der Waals surface area contributed by atoms with Gasteiger partial charge in [0.1, 0.15) is 0 Å². The summed E-state index contributed by atoms with van der Waals surface area (Å²) in [6, 6.07) is 4.20. The molecule has 1 heterocycles.